The third-order valence-corrected chi connectivity index (χ3v) is 5.63. The van der Waals surface area contributed by atoms with Crippen molar-refractivity contribution in [2.45, 2.75) is 65.0 Å². The average Bonchev–Trinajstić information content (AvgIpc) is 2.94. The number of hydrogen-bond donors (Lipinski definition) is 2. The van der Waals surface area contributed by atoms with Crippen LogP contribution in [0.4, 0.5) is 10.6 Å². The second kappa shape index (κ2) is 7.34. The number of pyridine rings is 1. The summed E-state index contributed by atoms with van der Waals surface area (Å²) in [5.74, 6) is 0.994. The number of carbonyl (C=O) groups is 1. The van der Waals surface area contributed by atoms with Crippen molar-refractivity contribution in [1.82, 2.24) is 15.3 Å². The Morgan fingerprint density at radius 3 is 2.67 bits per heavy atom. The zero-order valence-corrected chi connectivity index (χ0v) is 18.4. The summed E-state index contributed by atoms with van der Waals surface area (Å²) in [4.78, 5) is 22.7. The maximum atomic E-state index is 12.1. The van der Waals surface area contributed by atoms with E-state index in [4.69, 9.17) is 9.72 Å². The summed E-state index contributed by atoms with van der Waals surface area (Å²) < 4.78 is 6.47. The summed E-state index contributed by atoms with van der Waals surface area (Å²) in [6.45, 7) is 11.5. The predicted molar refractivity (Wildman–Crippen MR) is 112 cm³/mol. The zero-order chi connectivity index (χ0) is 19.8. The summed E-state index contributed by atoms with van der Waals surface area (Å²) in [7, 11) is 0. The Morgan fingerprint density at radius 1 is 1.41 bits per heavy atom. The van der Waals surface area contributed by atoms with Gasteiger partial charge in [-0.25, -0.2) is 9.78 Å². The van der Waals surface area contributed by atoms with Gasteiger partial charge < -0.3 is 19.9 Å². The Bertz CT molecular complexity index is 832. The first-order valence-corrected chi connectivity index (χ1v) is 10.3. The minimum atomic E-state index is -0.485. The highest BCUT2D eigenvalue weighted by atomic mass is 79.9. The van der Waals surface area contributed by atoms with Crippen LogP contribution in [-0.2, 0) is 11.2 Å². The Morgan fingerprint density at radius 2 is 2.07 bits per heavy atom. The number of piperidine rings is 1. The summed E-state index contributed by atoms with van der Waals surface area (Å²) in [6.07, 6.45) is 4.20. The Hall–Kier alpha value is -1.76. The number of halogens is 1. The van der Waals surface area contributed by atoms with Crippen LogP contribution >= 0.6 is 15.9 Å². The average molecular weight is 437 g/mol. The van der Waals surface area contributed by atoms with Gasteiger partial charge in [0, 0.05) is 40.8 Å². The van der Waals surface area contributed by atoms with Gasteiger partial charge in [-0.2, -0.15) is 0 Å². The van der Waals surface area contributed by atoms with Gasteiger partial charge >= 0.3 is 6.09 Å². The van der Waals surface area contributed by atoms with Crippen molar-refractivity contribution in [2.75, 3.05) is 18.0 Å². The molecule has 1 fully saturated rings. The molecule has 27 heavy (non-hydrogen) atoms. The van der Waals surface area contributed by atoms with Gasteiger partial charge in [-0.05, 0) is 62.9 Å². The number of fused-ring (bicyclic) bond motifs is 1. The molecular formula is C20H29BrN4O2. The standard InChI is InChI=1S/C20H29BrN4O2/c1-6-14-17-13(21)12-22-15(17)11-16(23-14)25-9-7-20(5,8-10-25)24-18(26)27-19(2,3)4/h11-12,22H,6-10H2,1-5H3,(H,24,26). The molecule has 148 valence electrons. The summed E-state index contributed by atoms with van der Waals surface area (Å²) >= 11 is 3.60. The number of nitrogens with one attached hydrogen (secondary N) is 2. The van der Waals surface area contributed by atoms with Gasteiger partial charge in [-0.15, -0.1) is 0 Å². The number of amides is 1. The van der Waals surface area contributed by atoms with Crippen molar-refractivity contribution >= 4 is 38.7 Å². The van der Waals surface area contributed by atoms with Gasteiger partial charge in [0.05, 0.1) is 11.2 Å². The lowest BCUT2D eigenvalue weighted by Crippen LogP contribution is -2.54. The van der Waals surface area contributed by atoms with Gasteiger partial charge in [0.1, 0.15) is 11.4 Å². The minimum absolute atomic E-state index is 0.258. The first-order chi connectivity index (χ1) is 12.6. The Balaban J connectivity index is 1.70. The van der Waals surface area contributed by atoms with E-state index in [-0.39, 0.29) is 11.6 Å². The normalized spacial score (nSPS) is 17.2. The largest absolute Gasteiger partial charge is 0.444 e. The maximum Gasteiger partial charge on any atom is 0.408 e. The highest BCUT2D eigenvalue weighted by Gasteiger charge is 2.33. The lowest BCUT2D eigenvalue weighted by molar-refractivity contribution is 0.0448. The number of anilines is 1. The molecule has 0 atom stereocenters. The van der Waals surface area contributed by atoms with Gasteiger partial charge in [-0.1, -0.05) is 6.92 Å². The quantitative estimate of drug-likeness (QED) is 0.726. The molecule has 2 aromatic heterocycles. The lowest BCUT2D eigenvalue weighted by atomic mass is 9.90. The molecule has 6 nitrogen and oxygen atoms in total. The van der Waals surface area contributed by atoms with Gasteiger partial charge in [-0.3, -0.25) is 0 Å². The molecule has 2 aromatic rings. The molecule has 1 saturated heterocycles. The highest BCUT2D eigenvalue weighted by Crippen LogP contribution is 2.32. The summed E-state index contributed by atoms with van der Waals surface area (Å²) in [5, 5.41) is 4.22. The van der Waals surface area contributed by atoms with Crippen molar-refractivity contribution in [3.05, 3.63) is 22.4 Å². The van der Waals surface area contributed by atoms with Crippen molar-refractivity contribution in [2.24, 2.45) is 0 Å². The van der Waals surface area contributed by atoms with E-state index < -0.39 is 5.60 Å². The van der Waals surface area contributed by atoms with Gasteiger partial charge in [0.15, 0.2) is 0 Å². The molecule has 1 amide bonds. The lowest BCUT2D eigenvalue weighted by Gasteiger charge is -2.40. The topological polar surface area (TPSA) is 70.2 Å². The van der Waals surface area contributed by atoms with Crippen LogP contribution in [0.15, 0.2) is 16.7 Å². The molecule has 7 heteroatoms. The van der Waals surface area contributed by atoms with Crippen LogP contribution in [-0.4, -0.2) is 40.3 Å². The molecular weight excluding hydrogens is 408 g/mol. The van der Waals surface area contributed by atoms with Gasteiger partial charge in [0.2, 0.25) is 0 Å². The number of ether oxygens (including phenoxy) is 1. The Kier molecular flexibility index (Phi) is 5.43. The molecule has 1 aliphatic heterocycles. The van der Waals surface area contributed by atoms with Crippen LogP contribution in [0.25, 0.3) is 10.9 Å². The van der Waals surface area contributed by atoms with E-state index in [1.54, 1.807) is 0 Å². The third-order valence-electron chi connectivity index (χ3n) is 5.00. The Labute approximate surface area is 169 Å². The fraction of sp³-hybridized carbons (Fsp3) is 0.600. The molecule has 1 aliphatic rings. The van der Waals surface area contributed by atoms with E-state index in [9.17, 15) is 4.79 Å². The minimum Gasteiger partial charge on any atom is -0.444 e. The van der Waals surface area contributed by atoms with E-state index in [0.717, 1.165) is 59.2 Å². The third kappa shape index (κ3) is 4.57. The van der Waals surface area contributed by atoms with Crippen LogP contribution in [0.5, 0.6) is 0 Å². The smallest absolute Gasteiger partial charge is 0.408 e. The predicted octanol–water partition coefficient (Wildman–Crippen LogP) is 4.77. The van der Waals surface area contributed by atoms with Crippen molar-refractivity contribution in [3.63, 3.8) is 0 Å². The fourth-order valence-electron chi connectivity index (χ4n) is 3.50. The van der Waals surface area contributed by atoms with E-state index in [1.807, 2.05) is 27.0 Å². The van der Waals surface area contributed by atoms with E-state index >= 15 is 0 Å². The molecule has 3 rings (SSSR count). The highest BCUT2D eigenvalue weighted by molar-refractivity contribution is 9.10. The van der Waals surface area contributed by atoms with Crippen molar-refractivity contribution in [1.29, 1.82) is 0 Å². The second-order valence-corrected chi connectivity index (χ2v) is 9.37. The molecule has 0 aromatic carbocycles. The van der Waals surface area contributed by atoms with E-state index in [2.05, 4.69) is 51.0 Å². The van der Waals surface area contributed by atoms with Crippen LogP contribution < -0.4 is 10.2 Å². The van der Waals surface area contributed by atoms with Crippen LogP contribution in [0.1, 0.15) is 53.2 Å². The number of rotatable bonds is 3. The summed E-state index contributed by atoms with van der Waals surface area (Å²) in [5.41, 5.74) is 1.45. The van der Waals surface area contributed by atoms with Gasteiger partial charge in [0.25, 0.3) is 0 Å². The molecule has 0 aliphatic carbocycles. The molecule has 0 unspecified atom stereocenters. The number of carbonyl (C=O) groups excluding carboxylic acids is 1. The second-order valence-electron chi connectivity index (χ2n) is 8.51. The number of aromatic nitrogens is 2. The number of hydrogen-bond acceptors (Lipinski definition) is 4. The molecule has 0 radical (unpaired) electrons. The number of alkyl carbamates (subject to hydrolysis) is 1. The van der Waals surface area contributed by atoms with Crippen LogP contribution in [0.3, 0.4) is 0 Å². The van der Waals surface area contributed by atoms with Crippen LogP contribution in [0.2, 0.25) is 0 Å². The number of nitrogens with zero attached hydrogens (tertiary/aromatic N) is 2. The first-order valence-electron chi connectivity index (χ1n) is 9.53. The fourth-order valence-corrected chi connectivity index (χ4v) is 4.06. The molecule has 0 saturated carbocycles. The zero-order valence-electron chi connectivity index (χ0n) is 16.8. The molecule has 3 heterocycles. The number of aromatic amines is 1. The van der Waals surface area contributed by atoms with Crippen molar-refractivity contribution in [3.8, 4) is 0 Å². The van der Waals surface area contributed by atoms with E-state index in [0.29, 0.717) is 0 Å². The number of H-pyrrole nitrogens is 1. The monoisotopic (exact) mass is 436 g/mol. The maximum absolute atomic E-state index is 12.1. The first kappa shape index (κ1) is 20.0. The van der Waals surface area contributed by atoms with Crippen molar-refractivity contribution < 1.29 is 9.53 Å². The molecule has 0 bridgehead atoms. The SMILES string of the molecule is CCc1nc(N2CCC(C)(NC(=O)OC(C)(C)C)CC2)cc2[nH]cc(Br)c12. The van der Waals surface area contributed by atoms with Crippen LogP contribution in [0, 0.1) is 0 Å². The molecule has 0 spiro atoms. The number of aryl methyl sites for hydroxylation is 1. The van der Waals surface area contributed by atoms with E-state index in [1.165, 1.54) is 0 Å². The molecule has 2 N–H and O–H groups in total. The summed E-state index contributed by atoms with van der Waals surface area (Å²) in [6, 6.07) is 2.11.